The van der Waals surface area contributed by atoms with Crippen LogP contribution in [0.2, 0.25) is 0 Å². The summed E-state index contributed by atoms with van der Waals surface area (Å²) in [5, 5.41) is 7.26. The molecular weight excluding hydrogens is 243 g/mol. The topological polar surface area (TPSA) is 59.1 Å². The zero-order chi connectivity index (χ0) is 14.0. The zero-order valence-corrected chi connectivity index (χ0v) is 10.8. The first kappa shape index (κ1) is 13.1. The number of nitrogens with one attached hydrogen (secondary N) is 1. The van der Waals surface area contributed by atoms with E-state index in [0.717, 1.165) is 11.1 Å². The van der Waals surface area contributed by atoms with Gasteiger partial charge in [0.2, 0.25) is 0 Å². The lowest BCUT2D eigenvalue weighted by Gasteiger charge is -2.11. The highest BCUT2D eigenvalue weighted by atomic mass is 19.1. The molecule has 98 valence electrons. The fourth-order valence-corrected chi connectivity index (χ4v) is 1.70. The lowest BCUT2D eigenvalue weighted by molar-refractivity contribution is 0.439. The number of benzene rings is 2. The highest BCUT2D eigenvalue weighted by Gasteiger charge is 2.09. The molecule has 4 heteroatoms. The summed E-state index contributed by atoms with van der Waals surface area (Å²) in [5.74, 6) is 0.0407. The molecule has 2 rings (SSSR count). The highest BCUT2D eigenvalue weighted by Crippen LogP contribution is 2.29. The molecule has 0 saturated carbocycles. The number of amidine groups is 1. The number of hydrogen-bond donors (Lipinski definition) is 2. The van der Waals surface area contributed by atoms with Gasteiger partial charge in [-0.1, -0.05) is 12.1 Å². The Morgan fingerprint density at radius 3 is 2.53 bits per heavy atom. The molecule has 3 N–H and O–H groups in total. The number of nitrogen functional groups attached to an aromatic ring is 1. The Morgan fingerprint density at radius 1 is 1.16 bits per heavy atom. The van der Waals surface area contributed by atoms with Gasteiger partial charge in [0.15, 0.2) is 11.6 Å². The van der Waals surface area contributed by atoms with Gasteiger partial charge in [-0.15, -0.1) is 0 Å². The van der Waals surface area contributed by atoms with Gasteiger partial charge in [0.25, 0.3) is 0 Å². The van der Waals surface area contributed by atoms with Gasteiger partial charge in [-0.25, -0.2) is 4.39 Å². The van der Waals surface area contributed by atoms with Crippen LogP contribution in [0.15, 0.2) is 36.4 Å². The minimum atomic E-state index is -0.534. The molecule has 0 aromatic heterocycles. The fraction of sp³-hybridized carbons (Fsp3) is 0.133. The van der Waals surface area contributed by atoms with Crippen molar-refractivity contribution in [2.24, 2.45) is 5.73 Å². The minimum absolute atomic E-state index is 0.124. The van der Waals surface area contributed by atoms with Gasteiger partial charge in [0, 0.05) is 5.56 Å². The molecule has 19 heavy (non-hydrogen) atoms. The Kier molecular flexibility index (Phi) is 3.51. The fourth-order valence-electron chi connectivity index (χ4n) is 1.70. The molecule has 0 saturated heterocycles. The van der Waals surface area contributed by atoms with Crippen LogP contribution in [0.4, 0.5) is 4.39 Å². The van der Waals surface area contributed by atoms with Crippen molar-refractivity contribution in [1.82, 2.24) is 0 Å². The zero-order valence-electron chi connectivity index (χ0n) is 10.8. The summed E-state index contributed by atoms with van der Waals surface area (Å²) in [7, 11) is 0. The number of aryl methyl sites for hydroxylation is 1. The lowest BCUT2D eigenvalue weighted by Crippen LogP contribution is -2.11. The van der Waals surface area contributed by atoms with Crippen LogP contribution in [-0.4, -0.2) is 5.84 Å². The third-order valence-electron chi connectivity index (χ3n) is 3.02. The number of rotatable bonds is 3. The molecule has 2 aromatic carbocycles. The molecule has 0 amide bonds. The Labute approximate surface area is 111 Å². The standard InChI is InChI=1S/C15H15FN2O/c1-9-4-3-5-13(10(9)2)19-14-7-6-11(15(17)18)8-12(14)16/h3-8H,1-2H3,(H3,17,18). The van der Waals surface area contributed by atoms with Crippen molar-refractivity contribution in [1.29, 1.82) is 5.41 Å². The van der Waals surface area contributed by atoms with Crippen molar-refractivity contribution in [2.45, 2.75) is 13.8 Å². The maximum atomic E-state index is 13.9. The van der Waals surface area contributed by atoms with E-state index >= 15 is 0 Å². The van der Waals surface area contributed by atoms with Gasteiger partial charge in [0.05, 0.1) is 0 Å². The van der Waals surface area contributed by atoms with Crippen molar-refractivity contribution >= 4 is 5.84 Å². The van der Waals surface area contributed by atoms with Crippen LogP contribution in [0.5, 0.6) is 11.5 Å². The smallest absolute Gasteiger partial charge is 0.166 e. The van der Waals surface area contributed by atoms with E-state index < -0.39 is 5.82 Å². The van der Waals surface area contributed by atoms with E-state index in [9.17, 15) is 4.39 Å². The third-order valence-corrected chi connectivity index (χ3v) is 3.02. The predicted octanol–water partition coefficient (Wildman–Crippen LogP) is 3.52. The molecule has 0 unspecified atom stereocenters. The van der Waals surface area contributed by atoms with Crippen LogP contribution >= 0.6 is 0 Å². The van der Waals surface area contributed by atoms with Crippen molar-refractivity contribution in [3.05, 3.63) is 58.9 Å². The first-order chi connectivity index (χ1) is 8.99. The Balaban J connectivity index is 2.34. The van der Waals surface area contributed by atoms with Crippen LogP contribution in [-0.2, 0) is 0 Å². The average molecular weight is 258 g/mol. The second-order valence-corrected chi connectivity index (χ2v) is 4.36. The number of nitrogens with two attached hydrogens (primary N) is 1. The van der Waals surface area contributed by atoms with Crippen molar-refractivity contribution < 1.29 is 9.13 Å². The molecule has 0 aliphatic carbocycles. The second-order valence-electron chi connectivity index (χ2n) is 4.36. The molecule has 0 bridgehead atoms. The lowest BCUT2D eigenvalue weighted by atomic mass is 10.1. The molecule has 0 aliphatic rings. The number of halogens is 1. The van der Waals surface area contributed by atoms with E-state index in [1.165, 1.54) is 12.1 Å². The Bertz CT molecular complexity index is 638. The summed E-state index contributed by atoms with van der Waals surface area (Å²) in [6.07, 6.45) is 0. The van der Waals surface area contributed by atoms with Crippen LogP contribution in [0.1, 0.15) is 16.7 Å². The van der Waals surface area contributed by atoms with Crippen molar-refractivity contribution in [2.75, 3.05) is 0 Å². The van der Waals surface area contributed by atoms with Gasteiger partial charge >= 0.3 is 0 Å². The molecule has 0 fully saturated rings. The maximum Gasteiger partial charge on any atom is 0.166 e. The summed E-state index contributed by atoms with van der Waals surface area (Å²) < 4.78 is 19.4. The van der Waals surface area contributed by atoms with Crippen molar-refractivity contribution in [3.8, 4) is 11.5 Å². The first-order valence-corrected chi connectivity index (χ1v) is 5.87. The van der Waals surface area contributed by atoms with E-state index in [2.05, 4.69) is 0 Å². The Hall–Kier alpha value is -2.36. The highest BCUT2D eigenvalue weighted by molar-refractivity contribution is 5.95. The first-order valence-electron chi connectivity index (χ1n) is 5.87. The summed E-state index contributed by atoms with van der Waals surface area (Å²) in [5.41, 5.74) is 7.70. The second kappa shape index (κ2) is 5.10. The van der Waals surface area contributed by atoms with Gasteiger partial charge in [-0.05, 0) is 49.2 Å². The third kappa shape index (κ3) is 2.73. The minimum Gasteiger partial charge on any atom is -0.454 e. The van der Waals surface area contributed by atoms with E-state index in [4.69, 9.17) is 15.9 Å². The SMILES string of the molecule is Cc1cccc(Oc2ccc(C(=N)N)cc2F)c1C. The summed E-state index contributed by atoms with van der Waals surface area (Å²) >= 11 is 0. The molecular formula is C15H15FN2O. The monoisotopic (exact) mass is 258 g/mol. The molecule has 0 radical (unpaired) electrons. The summed E-state index contributed by atoms with van der Waals surface area (Å²) in [4.78, 5) is 0. The summed E-state index contributed by atoms with van der Waals surface area (Å²) in [6.45, 7) is 3.89. The summed E-state index contributed by atoms with van der Waals surface area (Å²) in [6, 6.07) is 9.86. The Morgan fingerprint density at radius 2 is 1.89 bits per heavy atom. The van der Waals surface area contributed by atoms with Crippen LogP contribution in [0, 0.1) is 25.1 Å². The van der Waals surface area contributed by atoms with Gasteiger partial charge in [-0.3, -0.25) is 5.41 Å². The molecule has 3 nitrogen and oxygen atoms in total. The van der Waals surface area contributed by atoms with Crippen LogP contribution in [0.3, 0.4) is 0 Å². The molecule has 0 atom stereocenters. The van der Waals surface area contributed by atoms with Gasteiger partial charge < -0.3 is 10.5 Å². The van der Waals surface area contributed by atoms with Gasteiger partial charge in [-0.2, -0.15) is 0 Å². The molecule has 0 aliphatic heterocycles. The number of ether oxygens (including phenoxy) is 1. The van der Waals surface area contributed by atoms with Crippen molar-refractivity contribution in [3.63, 3.8) is 0 Å². The van der Waals surface area contributed by atoms with E-state index in [0.29, 0.717) is 11.3 Å². The maximum absolute atomic E-state index is 13.9. The van der Waals surface area contributed by atoms with E-state index in [-0.39, 0.29) is 11.6 Å². The largest absolute Gasteiger partial charge is 0.454 e. The average Bonchev–Trinajstić information content (AvgIpc) is 2.37. The van der Waals surface area contributed by atoms with E-state index in [1.54, 1.807) is 12.1 Å². The molecule has 2 aromatic rings. The molecule has 0 spiro atoms. The van der Waals surface area contributed by atoms with Gasteiger partial charge in [0.1, 0.15) is 11.6 Å². The predicted molar refractivity (Wildman–Crippen MR) is 73.4 cm³/mol. The normalized spacial score (nSPS) is 10.3. The quantitative estimate of drug-likeness (QED) is 0.653. The number of hydrogen-bond acceptors (Lipinski definition) is 2. The van der Waals surface area contributed by atoms with E-state index in [1.807, 2.05) is 26.0 Å². The molecule has 0 heterocycles. The van der Waals surface area contributed by atoms with Crippen LogP contribution in [0.25, 0.3) is 0 Å². The van der Waals surface area contributed by atoms with Crippen LogP contribution < -0.4 is 10.5 Å².